The zero-order valence-electron chi connectivity index (χ0n) is 9.68. The van der Waals surface area contributed by atoms with Crippen molar-refractivity contribution in [3.63, 3.8) is 0 Å². The van der Waals surface area contributed by atoms with E-state index in [1.54, 1.807) is 12.1 Å². The number of nitrogens with two attached hydrogens (primary N) is 1. The smallest absolute Gasteiger partial charge is 0.170 e. The fourth-order valence-electron chi connectivity index (χ4n) is 1.14. The van der Waals surface area contributed by atoms with Gasteiger partial charge in [-0.15, -0.1) is 0 Å². The molecule has 0 amide bonds. The van der Waals surface area contributed by atoms with Gasteiger partial charge in [0.2, 0.25) is 0 Å². The summed E-state index contributed by atoms with van der Waals surface area (Å²) in [6, 6.07) is 7.16. The van der Waals surface area contributed by atoms with Gasteiger partial charge in [0, 0.05) is 5.56 Å². The van der Waals surface area contributed by atoms with E-state index in [1.807, 2.05) is 12.1 Å². The molecule has 1 rings (SSSR count). The van der Waals surface area contributed by atoms with Crippen LogP contribution in [0.1, 0.15) is 25.8 Å². The van der Waals surface area contributed by atoms with Crippen LogP contribution in [-0.2, 0) is 0 Å². The molecule has 0 spiro atoms. The molecule has 3 N–H and O–H groups in total. The van der Waals surface area contributed by atoms with Crippen LogP contribution in [0.5, 0.6) is 5.75 Å². The number of rotatable bonds is 5. The Morgan fingerprint density at radius 3 is 2.56 bits per heavy atom. The average molecular weight is 222 g/mol. The fraction of sp³-hybridized carbons (Fsp3) is 0.417. The van der Waals surface area contributed by atoms with Gasteiger partial charge in [-0.3, -0.25) is 0 Å². The second-order valence-corrected chi connectivity index (χ2v) is 3.83. The molecule has 0 fully saturated rings. The van der Waals surface area contributed by atoms with Crippen LogP contribution >= 0.6 is 0 Å². The molecule has 0 saturated heterocycles. The number of benzene rings is 1. The zero-order chi connectivity index (χ0) is 12.0. The van der Waals surface area contributed by atoms with Crippen LogP contribution in [0.25, 0.3) is 0 Å². The van der Waals surface area contributed by atoms with Crippen LogP contribution in [0.4, 0.5) is 0 Å². The summed E-state index contributed by atoms with van der Waals surface area (Å²) in [5.74, 6) is 1.45. The van der Waals surface area contributed by atoms with Crippen LogP contribution in [-0.4, -0.2) is 17.6 Å². The van der Waals surface area contributed by atoms with Crippen molar-refractivity contribution in [2.24, 2.45) is 16.8 Å². The number of hydrogen-bond donors (Lipinski definition) is 2. The fourth-order valence-corrected chi connectivity index (χ4v) is 1.14. The molecule has 1 aromatic rings. The number of amidine groups is 1. The molecule has 0 saturated carbocycles. The summed E-state index contributed by atoms with van der Waals surface area (Å²) in [5.41, 5.74) is 6.13. The summed E-state index contributed by atoms with van der Waals surface area (Å²) in [7, 11) is 0. The van der Waals surface area contributed by atoms with E-state index in [1.165, 1.54) is 0 Å². The largest absolute Gasteiger partial charge is 0.493 e. The summed E-state index contributed by atoms with van der Waals surface area (Å²) >= 11 is 0. The Morgan fingerprint density at radius 1 is 1.44 bits per heavy atom. The standard InChI is InChI=1S/C12H18N2O2/c1-3-9(2)8-16-11-6-4-10(5-7-11)12(13)14-15/h4-7,9,15H,3,8H2,1-2H3,(H2,13,14). The Hall–Kier alpha value is -1.71. The second kappa shape index (κ2) is 6.00. The van der Waals surface area contributed by atoms with Gasteiger partial charge in [0.05, 0.1) is 6.61 Å². The van der Waals surface area contributed by atoms with Crippen molar-refractivity contribution in [2.75, 3.05) is 6.61 Å². The maximum atomic E-state index is 8.50. The minimum Gasteiger partial charge on any atom is -0.493 e. The highest BCUT2D eigenvalue weighted by Crippen LogP contribution is 2.13. The van der Waals surface area contributed by atoms with E-state index in [0.29, 0.717) is 18.1 Å². The van der Waals surface area contributed by atoms with Gasteiger partial charge >= 0.3 is 0 Å². The first kappa shape index (κ1) is 12.4. The van der Waals surface area contributed by atoms with Crippen LogP contribution in [0.3, 0.4) is 0 Å². The molecule has 0 radical (unpaired) electrons. The van der Waals surface area contributed by atoms with E-state index in [2.05, 4.69) is 19.0 Å². The Labute approximate surface area is 95.7 Å². The minimum atomic E-state index is 0.105. The van der Waals surface area contributed by atoms with Crippen molar-refractivity contribution in [1.82, 2.24) is 0 Å². The third kappa shape index (κ3) is 3.46. The molecule has 1 atom stereocenters. The summed E-state index contributed by atoms with van der Waals surface area (Å²) in [4.78, 5) is 0. The Kier molecular flexibility index (Phi) is 4.64. The monoisotopic (exact) mass is 222 g/mol. The Morgan fingerprint density at radius 2 is 2.06 bits per heavy atom. The first-order valence-corrected chi connectivity index (χ1v) is 5.38. The van der Waals surface area contributed by atoms with E-state index < -0.39 is 0 Å². The van der Waals surface area contributed by atoms with Crippen LogP contribution in [0, 0.1) is 5.92 Å². The molecule has 1 aromatic carbocycles. The molecular formula is C12H18N2O2. The van der Waals surface area contributed by atoms with Gasteiger partial charge in [0.15, 0.2) is 5.84 Å². The highest BCUT2D eigenvalue weighted by atomic mass is 16.5. The normalized spacial score (nSPS) is 13.5. The van der Waals surface area contributed by atoms with Crippen molar-refractivity contribution < 1.29 is 9.94 Å². The van der Waals surface area contributed by atoms with Gasteiger partial charge in [-0.1, -0.05) is 25.4 Å². The molecular weight excluding hydrogens is 204 g/mol. The Bertz CT molecular complexity index is 347. The zero-order valence-corrected chi connectivity index (χ0v) is 9.68. The number of hydrogen-bond acceptors (Lipinski definition) is 3. The van der Waals surface area contributed by atoms with Gasteiger partial charge in [-0.05, 0) is 30.2 Å². The van der Waals surface area contributed by atoms with Gasteiger partial charge in [-0.25, -0.2) is 0 Å². The quantitative estimate of drug-likeness (QED) is 0.347. The lowest BCUT2D eigenvalue weighted by Gasteiger charge is -2.11. The molecule has 0 heterocycles. The molecule has 0 bridgehead atoms. The number of nitrogens with zero attached hydrogens (tertiary/aromatic N) is 1. The minimum absolute atomic E-state index is 0.105. The van der Waals surface area contributed by atoms with E-state index >= 15 is 0 Å². The SMILES string of the molecule is CCC(C)COc1ccc(C(N)=NO)cc1. The number of ether oxygens (including phenoxy) is 1. The molecule has 4 nitrogen and oxygen atoms in total. The van der Waals surface area contributed by atoms with Crippen LogP contribution in [0.2, 0.25) is 0 Å². The maximum absolute atomic E-state index is 8.50. The predicted molar refractivity (Wildman–Crippen MR) is 63.9 cm³/mol. The molecule has 0 aliphatic carbocycles. The lowest BCUT2D eigenvalue weighted by molar-refractivity contribution is 0.256. The van der Waals surface area contributed by atoms with E-state index in [4.69, 9.17) is 15.7 Å². The molecule has 88 valence electrons. The van der Waals surface area contributed by atoms with Crippen LogP contribution < -0.4 is 10.5 Å². The number of oxime groups is 1. The highest BCUT2D eigenvalue weighted by Gasteiger charge is 2.02. The first-order chi connectivity index (χ1) is 7.67. The lowest BCUT2D eigenvalue weighted by atomic mass is 10.1. The van der Waals surface area contributed by atoms with Crippen LogP contribution in [0.15, 0.2) is 29.4 Å². The maximum Gasteiger partial charge on any atom is 0.170 e. The van der Waals surface area contributed by atoms with Gasteiger partial charge in [-0.2, -0.15) is 0 Å². The summed E-state index contributed by atoms with van der Waals surface area (Å²) in [5, 5.41) is 11.4. The van der Waals surface area contributed by atoms with Crippen molar-refractivity contribution in [2.45, 2.75) is 20.3 Å². The summed E-state index contributed by atoms with van der Waals surface area (Å²) in [6.45, 7) is 4.99. The lowest BCUT2D eigenvalue weighted by Crippen LogP contribution is -2.13. The van der Waals surface area contributed by atoms with Gasteiger partial charge < -0.3 is 15.7 Å². The summed E-state index contributed by atoms with van der Waals surface area (Å²) in [6.07, 6.45) is 1.10. The van der Waals surface area contributed by atoms with Gasteiger partial charge in [0.25, 0.3) is 0 Å². The third-order valence-electron chi connectivity index (χ3n) is 2.49. The molecule has 16 heavy (non-hydrogen) atoms. The molecule has 0 aromatic heterocycles. The second-order valence-electron chi connectivity index (χ2n) is 3.83. The van der Waals surface area contributed by atoms with Gasteiger partial charge in [0.1, 0.15) is 5.75 Å². The van der Waals surface area contributed by atoms with Crippen molar-refractivity contribution in [3.8, 4) is 5.75 Å². The Balaban J connectivity index is 2.58. The third-order valence-corrected chi connectivity index (χ3v) is 2.49. The molecule has 0 aliphatic heterocycles. The van der Waals surface area contributed by atoms with E-state index in [9.17, 15) is 0 Å². The van der Waals surface area contributed by atoms with Crippen molar-refractivity contribution >= 4 is 5.84 Å². The predicted octanol–water partition coefficient (Wildman–Crippen LogP) is 2.21. The molecule has 4 heteroatoms. The van der Waals surface area contributed by atoms with E-state index in [0.717, 1.165) is 12.2 Å². The van der Waals surface area contributed by atoms with Crippen molar-refractivity contribution in [1.29, 1.82) is 0 Å². The van der Waals surface area contributed by atoms with Crippen molar-refractivity contribution in [3.05, 3.63) is 29.8 Å². The first-order valence-electron chi connectivity index (χ1n) is 5.38. The molecule has 1 unspecified atom stereocenters. The summed E-state index contributed by atoms with van der Waals surface area (Å²) < 4.78 is 5.58. The molecule has 0 aliphatic rings. The topological polar surface area (TPSA) is 67.8 Å². The van der Waals surface area contributed by atoms with E-state index in [-0.39, 0.29) is 5.84 Å². The average Bonchev–Trinajstić information content (AvgIpc) is 2.35. The highest BCUT2D eigenvalue weighted by molar-refractivity contribution is 5.97.